The first-order chi connectivity index (χ1) is 15.4. The fourth-order valence-electron chi connectivity index (χ4n) is 4.79. The fraction of sp³-hybridized carbons (Fsp3) is 0.480. The van der Waals surface area contributed by atoms with Crippen LogP contribution in [-0.2, 0) is 27.7 Å². The van der Waals surface area contributed by atoms with Gasteiger partial charge in [-0.05, 0) is 85.9 Å². The molecule has 1 amide bonds. The largest absolute Gasteiger partial charge is 0.349 e. The van der Waals surface area contributed by atoms with E-state index < -0.39 is 10.0 Å². The molecule has 1 fully saturated rings. The molecule has 0 aromatic heterocycles. The SMILES string of the molecule is CC[C@@H](NC(=O)C1CCN(S(=O)(=O)c2ccc(Cl)cc2)CC1)c1ccc2c(c1)CCCC2. The van der Waals surface area contributed by atoms with Gasteiger partial charge < -0.3 is 5.32 Å². The maximum atomic E-state index is 13.0. The number of amides is 1. The summed E-state index contributed by atoms with van der Waals surface area (Å²) in [6.07, 6.45) is 6.64. The second kappa shape index (κ2) is 9.94. The Kier molecular flexibility index (Phi) is 7.23. The smallest absolute Gasteiger partial charge is 0.243 e. The minimum atomic E-state index is -3.56. The van der Waals surface area contributed by atoms with Crippen LogP contribution in [0.3, 0.4) is 0 Å². The summed E-state index contributed by atoms with van der Waals surface area (Å²) < 4.78 is 27.2. The Balaban J connectivity index is 1.37. The van der Waals surface area contributed by atoms with E-state index in [1.165, 1.54) is 46.0 Å². The summed E-state index contributed by atoms with van der Waals surface area (Å²) in [5, 5.41) is 3.73. The summed E-state index contributed by atoms with van der Waals surface area (Å²) in [4.78, 5) is 13.2. The third-order valence-corrected chi connectivity index (χ3v) is 8.94. The van der Waals surface area contributed by atoms with Crippen LogP contribution in [0.5, 0.6) is 0 Å². The van der Waals surface area contributed by atoms with Gasteiger partial charge in [-0.2, -0.15) is 4.31 Å². The van der Waals surface area contributed by atoms with E-state index in [9.17, 15) is 13.2 Å². The molecule has 4 rings (SSSR count). The molecule has 2 aliphatic rings. The Morgan fingerprint density at radius 2 is 1.72 bits per heavy atom. The molecule has 32 heavy (non-hydrogen) atoms. The lowest BCUT2D eigenvalue weighted by Crippen LogP contribution is -2.43. The molecular formula is C25H31ClN2O3S. The molecule has 7 heteroatoms. The van der Waals surface area contributed by atoms with Gasteiger partial charge in [-0.15, -0.1) is 0 Å². The van der Waals surface area contributed by atoms with Crippen LogP contribution in [0.1, 0.15) is 61.8 Å². The molecule has 0 spiro atoms. The average Bonchev–Trinajstić information content (AvgIpc) is 2.82. The summed E-state index contributed by atoms with van der Waals surface area (Å²) >= 11 is 5.88. The molecular weight excluding hydrogens is 444 g/mol. The van der Waals surface area contributed by atoms with Gasteiger partial charge in [0.2, 0.25) is 15.9 Å². The van der Waals surface area contributed by atoms with Gasteiger partial charge in [0.15, 0.2) is 0 Å². The Morgan fingerprint density at radius 3 is 2.38 bits per heavy atom. The lowest BCUT2D eigenvalue weighted by Gasteiger charge is -2.31. The molecule has 2 aromatic carbocycles. The summed E-state index contributed by atoms with van der Waals surface area (Å²) in [7, 11) is -3.56. The van der Waals surface area contributed by atoms with E-state index in [1.54, 1.807) is 12.1 Å². The molecule has 1 atom stereocenters. The number of carbonyl (C=O) groups is 1. The van der Waals surface area contributed by atoms with E-state index in [2.05, 4.69) is 30.4 Å². The number of hydrogen-bond donors (Lipinski definition) is 1. The number of nitrogens with one attached hydrogen (secondary N) is 1. The van der Waals surface area contributed by atoms with E-state index >= 15 is 0 Å². The molecule has 1 saturated heterocycles. The highest BCUT2D eigenvalue weighted by molar-refractivity contribution is 7.89. The molecule has 1 heterocycles. The number of carbonyl (C=O) groups excluding carboxylic acids is 1. The van der Waals surface area contributed by atoms with Gasteiger partial charge >= 0.3 is 0 Å². The van der Waals surface area contributed by atoms with Crippen molar-refractivity contribution in [2.24, 2.45) is 5.92 Å². The van der Waals surface area contributed by atoms with E-state index in [1.807, 2.05) is 0 Å². The molecule has 0 radical (unpaired) electrons. The highest BCUT2D eigenvalue weighted by atomic mass is 35.5. The van der Waals surface area contributed by atoms with Crippen LogP contribution < -0.4 is 5.32 Å². The van der Waals surface area contributed by atoms with Crippen molar-refractivity contribution in [2.45, 2.75) is 62.8 Å². The van der Waals surface area contributed by atoms with E-state index in [0.717, 1.165) is 19.3 Å². The number of benzene rings is 2. The minimum Gasteiger partial charge on any atom is -0.349 e. The lowest BCUT2D eigenvalue weighted by molar-refractivity contribution is -0.126. The standard InChI is InChI=1S/C25H31ClN2O3S/c1-2-24(21-8-7-18-5-3-4-6-20(18)17-21)27-25(29)19-13-15-28(16-14-19)32(30,31)23-11-9-22(26)10-12-23/h7-12,17,19,24H,2-6,13-16H2,1H3,(H,27,29)/t24-/m1/s1. The van der Waals surface area contributed by atoms with E-state index in [0.29, 0.717) is 31.0 Å². The lowest BCUT2D eigenvalue weighted by atomic mass is 9.88. The highest BCUT2D eigenvalue weighted by Crippen LogP contribution is 2.28. The summed E-state index contributed by atoms with van der Waals surface area (Å²) in [6, 6.07) is 12.9. The van der Waals surface area contributed by atoms with Gasteiger partial charge in [0.1, 0.15) is 0 Å². The first-order valence-corrected chi connectivity index (χ1v) is 13.4. The van der Waals surface area contributed by atoms with Crippen molar-refractivity contribution in [1.82, 2.24) is 9.62 Å². The molecule has 0 unspecified atom stereocenters. The second-order valence-corrected chi connectivity index (χ2v) is 11.2. The van der Waals surface area contributed by atoms with Gasteiger partial charge in [0.25, 0.3) is 0 Å². The van der Waals surface area contributed by atoms with Crippen LogP contribution in [0.25, 0.3) is 0 Å². The van der Waals surface area contributed by atoms with Crippen LogP contribution in [0.4, 0.5) is 0 Å². The number of nitrogens with zero attached hydrogens (tertiary/aromatic N) is 1. The van der Waals surface area contributed by atoms with E-state index in [-0.39, 0.29) is 22.8 Å². The molecule has 172 valence electrons. The Hall–Kier alpha value is -1.89. The van der Waals surface area contributed by atoms with Gasteiger partial charge in [0.05, 0.1) is 10.9 Å². The monoisotopic (exact) mass is 474 g/mol. The number of fused-ring (bicyclic) bond motifs is 1. The first-order valence-electron chi connectivity index (χ1n) is 11.6. The zero-order chi connectivity index (χ0) is 22.7. The fourth-order valence-corrected chi connectivity index (χ4v) is 6.39. The molecule has 5 nitrogen and oxygen atoms in total. The molecule has 1 N–H and O–H groups in total. The van der Waals surface area contributed by atoms with Crippen molar-refractivity contribution in [3.63, 3.8) is 0 Å². The number of halogens is 1. The second-order valence-electron chi connectivity index (χ2n) is 8.84. The number of piperidine rings is 1. The van der Waals surface area contributed by atoms with Crippen molar-refractivity contribution < 1.29 is 13.2 Å². The molecule has 0 saturated carbocycles. The molecule has 1 aliphatic heterocycles. The van der Waals surface area contributed by atoms with Gasteiger partial charge in [-0.3, -0.25) is 4.79 Å². The van der Waals surface area contributed by atoms with Crippen molar-refractivity contribution >= 4 is 27.5 Å². The highest BCUT2D eigenvalue weighted by Gasteiger charge is 2.32. The quantitative estimate of drug-likeness (QED) is 0.648. The summed E-state index contributed by atoms with van der Waals surface area (Å²) in [5.41, 5.74) is 4.03. The third kappa shape index (κ3) is 5.03. The van der Waals surface area contributed by atoms with Crippen molar-refractivity contribution in [1.29, 1.82) is 0 Å². The third-order valence-electron chi connectivity index (χ3n) is 6.78. The molecule has 2 aromatic rings. The molecule has 0 bridgehead atoms. The Bertz CT molecular complexity index is 1060. The van der Waals surface area contributed by atoms with Crippen molar-refractivity contribution in [3.05, 3.63) is 64.2 Å². The first kappa shape index (κ1) is 23.3. The summed E-state index contributed by atoms with van der Waals surface area (Å²) in [5.74, 6) is -0.142. The summed E-state index contributed by atoms with van der Waals surface area (Å²) in [6.45, 7) is 2.78. The van der Waals surface area contributed by atoms with Crippen LogP contribution in [0.2, 0.25) is 5.02 Å². The maximum Gasteiger partial charge on any atom is 0.243 e. The zero-order valence-electron chi connectivity index (χ0n) is 18.5. The van der Waals surface area contributed by atoms with Crippen molar-refractivity contribution in [2.75, 3.05) is 13.1 Å². The topological polar surface area (TPSA) is 66.5 Å². The van der Waals surface area contributed by atoms with Crippen molar-refractivity contribution in [3.8, 4) is 0 Å². The number of rotatable bonds is 6. The Morgan fingerprint density at radius 1 is 1.06 bits per heavy atom. The number of aryl methyl sites for hydroxylation is 2. The van der Waals surface area contributed by atoms with Crippen LogP contribution in [0, 0.1) is 5.92 Å². The predicted octanol–water partition coefficient (Wildman–Crippen LogP) is 4.89. The Labute approximate surface area is 196 Å². The number of hydrogen-bond acceptors (Lipinski definition) is 3. The van der Waals surface area contributed by atoms with Gasteiger partial charge in [-0.1, -0.05) is 36.7 Å². The van der Waals surface area contributed by atoms with Crippen LogP contribution in [0.15, 0.2) is 47.4 Å². The zero-order valence-corrected chi connectivity index (χ0v) is 20.1. The van der Waals surface area contributed by atoms with E-state index in [4.69, 9.17) is 11.6 Å². The molecule has 1 aliphatic carbocycles. The van der Waals surface area contributed by atoms with Gasteiger partial charge in [0, 0.05) is 24.0 Å². The predicted molar refractivity (Wildman–Crippen MR) is 127 cm³/mol. The van der Waals surface area contributed by atoms with Crippen LogP contribution in [-0.4, -0.2) is 31.7 Å². The normalized spacial score (nSPS) is 18.7. The number of sulfonamides is 1. The van der Waals surface area contributed by atoms with Gasteiger partial charge in [-0.25, -0.2) is 8.42 Å². The maximum absolute atomic E-state index is 13.0. The minimum absolute atomic E-state index is 0.00874. The average molecular weight is 475 g/mol. The van der Waals surface area contributed by atoms with Crippen LogP contribution >= 0.6 is 11.6 Å².